The normalized spacial score (nSPS) is 10.5. The summed E-state index contributed by atoms with van der Waals surface area (Å²) in [6.45, 7) is 0.463. The quantitative estimate of drug-likeness (QED) is 0.747. The Hall–Kier alpha value is -2.69. The summed E-state index contributed by atoms with van der Waals surface area (Å²) in [5, 5.41) is 3.90. The predicted octanol–water partition coefficient (Wildman–Crippen LogP) is 1.89. The van der Waals surface area contributed by atoms with Crippen molar-refractivity contribution >= 4 is 16.9 Å². The van der Waals surface area contributed by atoms with Crippen LogP contribution in [0.3, 0.4) is 0 Å². The number of hydrogen-bond donors (Lipinski definition) is 2. The number of fused-ring (bicyclic) bond motifs is 1. The molecule has 0 unspecified atom stereocenters. The number of carbonyl (C=O) groups is 1. The summed E-state index contributed by atoms with van der Waals surface area (Å²) in [4.78, 5) is 23.1. The third-order valence-corrected chi connectivity index (χ3v) is 2.91. The van der Waals surface area contributed by atoms with Gasteiger partial charge in [0, 0.05) is 36.7 Å². The van der Waals surface area contributed by atoms with Gasteiger partial charge in [0.15, 0.2) is 0 Å². The lowest BCUT2D eigenvalue weighted by Gasteiger charge is -2.06. The van der Waals surface area contributed by atoms with E-state index in [2.05, 4.69) is 20.3 Å². The van der Waals surface area contributed by atoms with Crippen molar-refractivity contribution in [3.63, 3.8) is 0 Å². The number of hydrogen-bond acceptors (Lipinski definition) is 3. The van der Waals surface area contributed by atoms with Crippen LogP contribution in [0.25, 0.3) is 11.0 Å². The fourth-order valence-corrected chi connectivity index (χ4v) is 1.95. The molecule has 2 N–H and O–H groups in total. The number of nitrogens with one attached hydrogen (secondary N) is 2. The highest BCUT2D eigenvalue weighted by atomic mass is 16.1. The van der Waals surface area contributed by atoms with Crippen LogP contribution in [-0.4, -0.2) is 20.9 Å². The van der Waals surface area contributed by atoms with E-state index >= 15 is 0 Å². The Kier molecular flexibility index (Phi) is 2.94. The standard InChI is InChI=1S/C14H12N4O/c19-14(11-2-1-5-15-8-11)18-9-10-3-6-16-13-12(10)4-7-17-13/h1-8H,9H2,(H,16,17)(H,18,19). The van der Waals surface area contributed by atoms with Crippen LogP contribution in [0.5, 0.6) is 0 Å². The molecule has 3 heterocycles. The summed E-state index contributed by atoms with van der Waals surface area (Å²) in [6.07, 6.45) is 6.76. The van der Waals surface area contributed by atoms with Crippen LogP contribution in [-0.2, 0) is 6.54 Å². The molecule has 3 aromatic heterocycles. The molecule has 0 fully saturated rings. The Morgan fingerprint density at radius 1 is 1.26 bits per heavy atom. The van der Waals surface area contributed by atoms with Crippen molar-refractivity contribution in [2.24, 2.45) is 0 Å². The summed E-state index contributed by atoms with van der Waals surface area (Å²) in [5.74, 6) is -0.131. The molecule has 0 aliphatic rings. The second kappa shape index (κ2) is 4.89. The van der Waals surface area contributed by atoms with Crippen molar-refractivity contribution in [1.29, 1.82) is 0 Å². The number of nitrogens with zero attached hydrogens (tertiary/aromatic N) is 2. The molecule has 0 saturated carbocycles. The number of aromatic amines is 1. The fraction of sp³-hybridized carbons (Fsp3) is 0.0714. The molecule has 19 heavy (non-hydrogen) atoms. The third kappa shape index (κ3) is 2.30. The van der Waals surface area contributed by atoms with Crippen molar-refractivity contribution in [3.05, 3.63) is 60.2 Å². The van der Waals surface area contributed by atoms with Crippen LogP contribution < -0.4 is 5.32 Å². The molecule has 94 valence electrons. The van der Waals surface area contributed by atoms with E-state index in [-0.39, 0.29) is 5.91 Å². The number of aromatic nitrogens is 3. The summed E-state index contributed by atoms with van der Waals surface area (Å²) < 4.78 is 0. The fourth-order valence-electron chi connectivity index (χ4n) is 1.95. The molecule has 0 bridgehead atoms. The minimum atomic E-state index is -0.131. The first kappa shape index (κ1) is 11.4. The van der Waals surface area contributed by atoms with Crippen molar-refractivity contribution in [3.8, 4) is 0 Å². The van der Waals surface area contributed by atoms with E-state index in [4.69, 9.17) is 0 Å². The smallest absolute Gasteiger partial charge is 0.253 e. The molecule has 0 spiro atoms. The van der Waals surface area contributed by atoms with Crippen molar-refractivity contribution in [2.75, 3.05) is 0 Å². The minimum Gasteiger partial charge on any atom is -0.348 e. The first-order valence-electron chi connectivity index (χ1n) is 5.94. The van der Waals surface area contributed by atoms with E-state index in [0.717, 1.165) is 16.6 Å². The van der Waals surface area contributed by atoms with Gasteiger partial charge >= 0.3 is 0 Å². The van der Waals surface area contributed by atoms with Crippen LogP contribution in [0.4, 0.5) is 0 Å². The molecule has 0 atom stereocenters. The second-order valence-corrected chi connectivity index (χ2v) is 4.13. The van der Waals surface area contributed by atoms with Crippen LogP contribution in [0.1, 0.15) is 15.9 Å². The Morgan fingerprint density at radius 3 is 3.05 bits per heavy atom. The van der Waals surface area contributed by atoms with Gasteiger partial charge in [-0.3, -0.25) is 9.78 Å². The van der Waals surface area contributed by atoms with Gasteiger partial charge in [0.25, 0.3) is 5.91 Å². The van der Waals surface area contributed by atoms with E-state index in [1.165, 1.54) is 0 Å². The maximum atomic E-state index is 11.9. The van der Waals surface area contributed by atoms with Crippen LogP contribution in [0.2, 0.25) is 0 Å². The molecular weight excluding hydrogens is 240 g/mol. The second-order valence-electron chi connectivity index (χ2n) is 4.13. The minimum absolute atomic E-state index is 0.131. The highest BCUT2D eigenvalue weighted by Crippen LogP contribution is 2.14. The number of amides is 1. The van der Waals surface area contributed by atoms with E-state index in [1.807, 2.05) is 18.3 Å². The van der Waals surface area contributed by atoms with Gasteiger partial charge in [-0.15, -0.1) is 0 Å². The Bertz CT molecular complexity index is 706. The molecule has 3 aromatic rings. The van der Waals surface area contributed by atoms with Crippen molar-refractivity contribution < 1.29 is 4.79 Å². The van der Waals surface area contributed by atoms with Gasteiger partial charge in [-0.25, -0.2) is 4.98 Å². The summed E-state index contributed by atoms with van der Waals surface area (Å²) in [7, 11) is 0. The molecule has 0 radical (unpaired) electrons. The Labute approximate surface area is 109 Å². The summed E-state index contributed by atoms with van der Waals surface area (Å²) in [6, 6.07) is 7.33. The number of pyridine rings is 2. The van der Waals surface area contributed by atoms with Crippen LogP contribution in [0, 0.1) is 0 Å². The average molecular weight is 252 g/mol. The predicted molar refractivity (Wildman–Crippen MR) is 71.5 cm³/mol. The monoisotopic (exact) mass is 252 g/mol. The van der Waals surface area contributed by atoms with E-state index in [0.29, 0.717) is 12.1 Å². The highest BCUT2D eigenvalue weighted by Gasteiger charge is 2.07. The van der Waals surface area contributed by atoms with Crippen LogP contribution in [0.15, 0.2) is 49.1 Å². The van der Waals surface area contributed by atoms with Crippen molar-refractivity contribution in [2.45, 2.75) is 6.54 Å². The molecule has 5 nitrogen and oxygen atoms in total. The van der Waals surface area contributed by atoms with Gasteiger partial charge in [-0.1, -0.05) is 0 Å². The van der Waals surface area contributed by atoms with E-state index in [1.54, 1.807) is 30.7 Å². The van der Waals surface area contributed by atoms with Gasteiger partial charge in [0.1, 0.15) is 5.65 Å². The molecule has 0 aliphatic carbocycles. The summed E-state index contributed by atoms with van der Waals surface area (Å²) in [5.41, 5.74) is 2.42. The molecule has 5 heteroatoms. The molecule has 0 aromatic carbocycles. The van der Waals surface area contributed by atoms with Crippen LogP contribution >= 0.6 is 0 Å². The highest BCUT2D eigenvalue weighted by molar-refractivity contribution is 5.94. The van der Waals surface area contributed by atoms with E-state index < -0.39 is 0 Å². The lowest BCUT2D eigenvalue weighted by atomic mass is 10.2. The van der Waals surface area contributed by atoms with Gasteiger partial charge < -0.3 is 10.3 Å². The maximum Gasteiger partial charge on any atom is 0.253 e. The van der Waals surface area contributed by atoms with Gasteiger partial charge in [-0.05, 0) is 29.8 Å². The first-order valence-corrected chi connectivity index (χ1v) is 5.94. The SMILES string of the molecule is O=C(NCc1ccnc2[nH]ccc12)c1cccnc1. The topological polar surface area (TPSA) is 70.7 Å². The summed E-state index contributed by atoms with van der Waals surface area (Å²) >= 11 is 0. The zero-order valence-corrected chi connectivity index (χ0v) is 10.1. The lowest BCUT2D eigenvalue weighted by molar-refractivity contribution is 0.0950. The first-order chi connectivity index (χ1) is 9.34. The van der Waals surface area contributed by atoms with Gasteiger partial charge in [0.2, 0.25) is 0 Å². The molecule has 0 aliphatic heterocycles. The zero-order valence-electron chi connectivity index (χ0n) is 10.1. The zero-order chi connectivity index (χ0) is 13.1. The lowest BCUT2D eigenvalue weighted by Crippen LogP contribution is -2.22. The molecule has 1 amide bonds. The number of H-pyrrole nitrogens is 1. The maximum absolute atomic E-state index is 11.9. The van der Waals surface area contributed by atoms with Crippen molar-refractivity contribution in [1.82, 2.24) is 20.3 Å². The third-order valence-electron chi connectivity index (χ3n) is 2.91. The molecular formula is C14H12N4O. The largest absolute Gasteiger partial charge is 0.348 e. The number of carbonyl (C=O) groups excluding carboxylic acids is 1. The number of rotatable bonds is 3. The van der Waals surface area contributed by atoms with Gasteiger partial charge in [-0.2, -0.15) is 0 Å². The Morgan fingerprint density at radius 2 is 2.21 bits per heavy atom. The van der Waals surface area contributed by atoms with Gasteiger partial charge in [0.05, 0.1) is 5.56 Å². The Balaban J connectivity index is 1.76. The van der Waals surface area contributed by atoms with E-state index in [9.17, 15) is 4.79 Å². The molecule has 3 rings (SSSR count). The molecule has 0 saturated heterocycles. The average Bonchev–Trinajstić information content (AvgIpc) is 2.94.